The van der Waals surface area contributed by atoms with Crippen molar-refractivity contribution in [2.24, 2.45) is 0 Å². The fourth-order valence-electron chi connectivity index (χ4n) is 8.17. The Morgan fingerprint density at radius 3 is 2.03 bits per heavy atom. The van der Waals surface area contributed by atoms with Crippen molar-refractivity contribution in [3.63, 3.8) is 0 Å². The first-order chi connectivity index (χ1) is 33.5. The number of nitrogens with zero attached hydrogens (tertiary/aromatic N) is 6. The number of fused-ring (bicyclic) bond motifs is 5. The summed E-state index contributed by atoms with van der Waals surface area (Å²) in [6.45, 7) is 4.62. The fraction of sp³-hybridized carbons (Fsp3) is 0.0769. The van der Waals surface area contributed by atoms with Gasteiger partial charge in [-0.1, -0.05) is 127 Å². The molecule has 0 N–H and O–H groups in total. The third kappa shape index (κ3) is 6.28. The second-order valence-electron chi connectivity index (χ2n) is 15.0. The van der Waals surface area contributed by atoms with Crippen molar-refractivity contribution in [3.05, 3.63) is 188 Å². The van der Waals surface area contributed by atoms with Crippen LogP contribution in [0, 0.1) is 18.5 Å². The van der Waals surface area contributed by atoms with Crippen LogP contribution in [0.5, 0.6) is 11.5 Å². The first-order valence-electron chi connectivity index (χ1n) is 24.4. The molecule has 0 fully saturated rings. The zero-order valence-corrected chi connectivity index (χ0v) is 36.6. The number of hydrogen-bond donors (Lipinski definition) is 0. The molecule has 3 aromatic heterocycles. The van der Waals surface area contributed by atoms with Gasteiger partial charge in [0.25, 0.3) is 14.7 Å². The molecule has 0 unspecified atom stereocenters. The summed E-state index contributed by atoms with van der Waals surface area (Å²) in [5.41, 5.74) is 5.80. The van der Waals surface area contributed by atoms with Gasteiger partial charge in [0.05, 0.1) is 48.0 Å². The quantitative estimate of drug-likeness (QED) is 0.0906. The number of hydrogen-bond acceptors (Lipinski definition) is 4. The second kappa shape index (κ2) is 15.1. The SMILES string of the molecule is [2H]c1c([2H])c([2H])c(-c2cccc(-c3c([2H])c([2H])c([2H])c([2H])c3[2H])c2-[n+]2[c-]n(-c3[c-]c(Oc4[c-]c5c(cc4)c4ccccc4n5-c4cc5c(cn4)N(C)[Si](C)(C)N5C)ccc3)c3ccccc32)c([2H])c1[2H].[Pt]. The number of anilines is 2. The topological polar surface area (TPSA) is 42.3 Å². The van der Waals surface area contributed by atoms with Gasteiger partial charge >= 0.3 is 0 Å². The number of pyridine rings is 1. The van der Waals surface area contributed by atoms with Crippen molar-refractivity contribution in [1.82, 2.24) is 14.1 Å². The van der Waals surface area contributed by atoms with E-state index in [4.69, 9.17) is 23.4 Å². The van der Waals surface area contributed by atoms with Crippen LogP contribution in [0.3, 0.4) is 0 Å². The van der Waals surface area contributed by atoms with E-state index in [1.165, 1.54) is 0 Å². The average Bonchev–Trinajstić information content (AvgIpc) is 3.96. The molecule has 0 aliphatic carbocycles. The Bertz CT molecular complexity index is 3740. The average molecular weight is 998 g/mol. The number of rotatable bonds is 7. The maximum absolute atomic E-state index is 9.00. The second-order valence-corrected chi connectivity index (χ2v) is 19.4. The van der Waals surface area contributed by atoms with Crippen LogP contribution in [-0.4, -0.2) is 36.6 Å². The Labute approximate surface area is 384 Å². The van der Waals surface area contributed by atoms with E-state index < -0.39 is 68.8 Å². The van der Waals surface area contributed by atoms with Gasteiger partial charge in [-0.05, 0) is 66.6 Å². The molecule has 1 aliphatic rings. The zero-order valence-electron chi connectivity index (χ0n) is 43.3. The maximum atomic E-state index is 9.00. The molecule has 7 aromatic carbocycles. The van der Waals surface area contributed by atoms with E-state index in [-0.39, 0.29) is 49.0 Å². The summed E-state index contributed by atoms with van der Waals surface area (Å²) in [6.07, 6.45) is 5.35. The molecule has 0 radical (unpaired) electrons. The Hall–Kier alpha value is -6.73. The van der Waals surface area contributed by atoms with Gasteiger partial charge in [-0.25, -0.2) is 4.98 Å². The fourth-order valence-corrected chi connectivity index (χ4v) is 10.1. The first-order valence-corrected chi connectivity index (χ1v) is 22.3. The number of benzene rings is 7. The van der Waals surface area contributed by atoms with Gasteiger partial charge in [0.15, 0.2) is 0 Å². The summed E-state index contributed by atoms with van der Waals surface area (Å²) in [4.78, 5) is 4.99. The summed E-state index contributed by atoms with van der Waals surface area (Å²) >= 11 is 0. The molecule has 0 bridgehead atoms. The molecule has 61 heavy (non-hydrogen) atoms. The molecule has 0 atom stereocenters. The van der Waals surface area contributed by atoms with Gasteiger partial charge in [0.2, 0.25) is 0 Å². The Kier molecular flexibility index (Phi) is 7.09. The Morgan fingerprint density at radius 1 is 0.656 bits per heavy atom. The predicted octanol–water partition coefficient (Wildman–Crippen LogP) is 11.5. The number of aromatic nitrogens is 4. The molecule has 4 heterocycles. The standard InChI is InChI=1S/C52H40N6OSi.Pt/c1-54-49-33-51(53-34-50(49)55(2)60(54,3)4)58-45-26-12-11-23-43(45)44-30-29-40(32-48(44)58)59-39-22-15-21-38(31-39)56-35-57(47-28-14-13-27-46(47)56)52-41(36-17-7-5-8-18-36)24-16-25-42(52)37-19-9-6-10-20-37;/h5-30,33-34H,1-4H3;/q-2;/i5D,6D,7D,8D,9D,10D,17D,18D,19D,20D;. The molecule has 9 heteroatoms. The number of ether oxygens (including phenoxy) is 1. The van der Waals surface area contributed by atoms with Gasteiger partial charge in [-0.15, -0.1) is 29.7 Å². The monoisotopic (exact) mass is 997 g/mol. The van der Waals surface area contributed by atoms with E-state index in [1.807, 2.05) is 60.8 Å². The Morgan fingerprint density at radius 2 is 1.30 bits per heavy atom. The normalized spacial score (nSPS) is 15.5. The Balaban J connectivity index is 0.00000582. The van der Waals surface area contributed by atoms with Crippen LogP contribution in [-0.2, 0) is 21.1 Å². The molecular weight excluding hydrogens is 948 g/mol. The minimum absolute atomic E-state index is 0. The van der Waals surface area contributed by atoms with Crippen LogP contribution in [0.25, 0.3) is 72.3 Å². The third-order valence-electron chi connectivity index (χ3n) is 11.6. The molecule has 1 aliphatic heterocycles. The molecule has 0 saturated carbocycles. The summed E-state index contributed by atoms with van der Waals surface area (Å²) in [7, 11) is 2.36. The largest absolute Gasteiger partial charge is 0.510 e. The number of para-hydroxylation sites is 4. The summed E-state index contributed by atoms with van der Waals surface area (Å²) in [5, 5.41) is 2.02. The van der Waals surface area contributed by atoms with Crippen LogP contribution in [0.4, 0.5) is 11.4 Å². The van der Waals surface area contributed by atoms with Gasteiger partial charge in [-0.2, -0.15) is 18.2 Å². The molecular formula is C52H40N6OPtSi-2. The van der Waals surface area contributed by atoms with Crippen molar-refractivity contribution in [2.75, 3.05) is 23.2 Å². The van der Waals surface area contributed by atoms with Gasteiger partial charge in [0.1, 0.15) is 5.82 Å². The molecule has 300 valence electrons. The van der Waals surface area contributed by atoms with Crippen molar-refractivity contribution in [2.45, 2.75) is 13.1 Å². The van der Waals surface area contributed by atoms with Crippen LogP contribution in [0.2, 0.25) is 13.1 Å². The first kappa shape index (κ1) is 28.7. The van der Waals surface area contributed by atoms with E-state index >= 15 is 0 Å². The third-order valence-corrected chi connectivity index (χ3v) is 15.3. The van der Waals surface area contributed by atoms with Crippen molar-refractivity contribution >= 4 is 52.6 Å². The van der Waals surface area contributed by atoms with Crippen LogP contribution < -0.4 is 18.4 Å². The van der Waals surface area contributed by atoms with E-state index in [2.05, 4.69) is 77.5 Å². The molecule has 10 aromatic rings. The van der Waals surface area contributed by atoms with E-state index in [9.17, 15) is 0 Å². The van der Waals surface area contributed by atoms with E-state index in [0.29, 0.717) is 28.2 Å². The summed E-state index contributed by atoms with van der Waals surface area (Å²) < 4.78 is 104. The molecule has 7 nitrogen and oxygen atoms in total. The van der Waals surface area contributed by atoms with Crippen molar-refractivity contribution in [3.8, 4) is 50.9 Å². The summed E-state index contributed by atoms with van der Waals surface area (Å²) in [6, 6.07) is 33.4. The molecule has 11 rings (SSSR count). The minimum Gasteiger partial charge on any atom is -0.510 e. The number of imidazole rings is 1. The van der Waals surface area contributed by atoms with Gasteiger partial charge < -0.3 is 23.0 Å². The zero-order chi connectivity index (χ0) is 49.2. The predicted molar refractivity (Wildman–Crippen MR) is 245 cm³/mol. The smallest absolute Gasteiger partial charge is 0.268 e. The molecule has 0 saturated heterocycles. The summed E-state index contributed by atoms with van der Waals surface area (Å²) in [5.74, 6) is 1.55. The van der Waals surface area contributed by atoms with Crippen LogP contribution in [0.15, 0.2) is 170 Å². The molecule has 0 spiro atoms. The van der Waals surface area contributed by atoms with Gasteiger partial charge in [-0.3, -0.25) is 4.57 Å². The van der Waals surface area contributed by atoms with E-state index in [0.717, 1.165) is 39.0 Å². The van der Waals surface area contributed by atoms with Crippen molar-refractivity contribution < 1.29 is 44.1 Å². The van der Waals surface area contributed by atoms with Gasteiger partial charge in [0, 0.05) is 44.1 Å². The van der Waals surface area contributed by atoms with Crippen molar-refractivity contribution in [1.29, 1.82) is 0 Å². The van der Waals surface area contributed by atoms with E-state index in [1.54, 1.807) is 39.5 Å². The van der Waals surface area contributed by atoms with Crippen LogP contribution >= 0.6 is 0 Å². The minimum atomic E-state index is -1.92. The van der Waals surface area contributed by atoms with Crippen LogP contribution in [0.1, 0.15) is 13.7 Å². The maximum Gasteiger partial charge on any atom is 0.268 e. The molecule has 0 amide bonds.